The van der Waals surface area contributed by atoms with Crippen molar-refractivity contribution >= 4 is 23.5 Å². The molecule has 1 aromatic carbocycles. The van der Waals surface area contributed by atoms with Crippen LogP contribution in [0, 0.1) is 37.5 Å². The molecule has 6 rings (SSSR count). The molecule has 6 nitrogen and oxygen atoms in total. The van der Waals surface area contributed by atoms with Crippen LogP contribution in [0.25, 0.3) is 0 Å². The lowest BCUT2D eigenvalue weighted by Gasteiger charge is -2.56. The highest BCUT2D eigenvalue weighted by Crippen LogP contribution is 2.55. The number of rotatable bonds is 5. The van der Waals surface area contributed by atoms with Gasteiger partial charge in [0.2, 0.25) is 5.91 Å². The third-order valence-electron chi connectivity index (χ3n) is 8.11. The monoisotopic (exact) mass is 424 g/mol. The minimum Gasteiger partial charge on any atom is -0.455 e. The van der Waals surface area contributed by atoms with Gasteiger partial charge in [-0.1, -0.05) is 12.1 Å². The standard InChI is InChI=1S/C25H32N2O4/c1-15-4-3-5-21(16(15)2)27-13-20(9-23(27)29)24(30)31-14-22(28)26-25-10-17-6-18(11-25)8-19(7-17)12-25/h3-5,17-20H,6-14H2,1-2H3,(H,26,28)/t17?,18?,19?,20-,25?/m1/s1. The Labute approximate surface area is 183 Å². The van der Waals surface area contributed by atoms with Crippen LogP contribution in [0.15, 0.2) is 18.2 Å². The SMILES string of the molecule is Cc1cccc(N2C[C@H](C(=O)OCC(=O)NC34CC5CC(CC(C5)C3)C4)CC2=O)c1C. The van der Waals surface area contributed by atoms with Gasteiger partial charge in [0.05, 0.1) is 5.92 Å². The Balaban J connectivity index is 1.15. The average molecular weight is 425 g/mol. The van der Waals surface area contributed by atoms with Crippen molar-refractivity contribution in [1.29, 1.82) is 0 Å². The molecule has 1 saturated heterocycles. The third-order valence-corrected chi connectivity index (χ3v) is 8.11. The Morgan fingerprint density at radius 2 is 1.74 bits per heavy atom. The first-order valence-corrected chi connectivity index (χ1v) is 11.7. The molecule has 1 heterocycles. The van der Waals surface area contributed by atoms with Crippen LogP contribution in [0.1, 0.15) is 56.1 Å². The second kappa shape index (κ2) is 7.64. The number of nitrogens with zero attached hydrogens (tertiary/aromatic N) is 1. The molecule has 0 unspecified atom stereocenters. The van der Waals surface area contributed by atoms with Gasteiger partial charge in [0, 0.05) is 24.2 Å². The molecule has 4 saturated carbocycles. The summed E-state index contributed by atoms with van der Waals surface area (Å²) in [6.45, 7) is 4.04. The van der Waals surface area contributed by atoms with Crippen molar-refractivity contribution in [3.05, 3.63) is 29.3 Å². The molecule has 1 N–H and O–H groups in total. The van der Waals surface area contributed by atoms with Gasteiger partial charge >= 0.3 is 5.97 Å². The minimum absolute atomic E-state index is 0.0753. The van der Waals surface area contributed by atoms with Crippen molar-refractivity contribution in [2.24, 2.45) is 23.7 Å². The lowest BCUT2D eigenvalue weighted by molar-refractivity contribution is -0.153. The highest BCUT2D eigenvalue weighted by Gasteiger charge is 2.51. The molecule has 0 aromatic heterocycles. The van der Waals surface area contributed by atoms with Gasteiger partial charge in [0.15, 0.2) is 6.61 Å². The first-order chi connectivity index (χ1) is 14.8. The molecule has 4 aliphatic carbocycles. The van der Waals surface area contributed by atoms with Crippen LogP contribution >= 0.6 is 0 Å². The molecule has 1 aliphatic heterocycles. The van der Waals surface area contributed by atoms with E-state index in [1.165, 1.54) is 19.3 Å². The molecule has 5 fully saturated rings. The van der Waals surface area contributed by atoms with Crippen LogP contribution in [0.5, 0.6) is 0 Å². The molecule has 166 valence electrons. The molecule has 1 atom stereocenters. The second-order valence-electron chi connectivity index (χ2n) is 10.5. The quantitative estimate of drug-likeness (QED) is 0.736. The number of benzene rings is 1. The maximum absolute atomic E-state index is 12.6. The minimum atomic E-state index is -0.528. The van der Waals surface area contributed by atoms with Gasteiger partial charge < -0.3 is 15.0 Å². The highest BCUT2D eigenvalue weighted by molar-refractivity contribution is 6.00. The summed E-state index contributed by atoms with van der Waals surface area (Å²) >= 11 is 0. The van der Waals surface area contributed by atoms with Gasteiger partial charge in [-0.15, -0.1) is 0 Å². The number of ether oxygens (including phenoxy) is 1. The normalized spacial score (nSPS) is 33.6. The summed E-state index contributed by atoms with van der Waals surface area (Å²) in [6.07, 6.45) is 7.29. The smallest absolute Gasteiger partial charge is 0.311 e. The number of hydrogen-bond donors (Lipinski definition) is 1. The number of hydrogen-bond acceptors (Lipinski definition) is 4. The van der Waals surface area contributed by atoms with Crippen molar-refractivity contribution in [1.82, 2.24) is 5.32 Å². The van der Waals surface area contributed by atoms with Gasteiger partial charge in [0.25, 0.3) is 5.91 Å². The van der Waals surface area contributed by atoms with E-state index >= 15 is 0 Å². The zero-order valence-electron chi connectivity index (χ0n) is 18.5. The Kier molecular flexibility index (Phi) is 5.06. The van der Waals surface area contributed by atoms with Crippen molar-refractivity contribution in [2.75, 3.05) is 18.1 Å². The van der Waals surface area contributed by atoms with Crippen molar-refractivity contribution in [3.8, 4) is 0 Å². The molecule has 6 heteroatoms. The van der Waals surface area contributed by atoms with E-state index in [-0.39, 0.29) is 30.4 Å². The Morgan fingerprint density at radius 3 is 2.39 bits per heavy atom. The lowest BCUT2D eigenvalue weighted by atomic mass is 9.53. The molecule has 31 heavy (non-hydrogen) atoms. The van der Waals surface area contributed by atoms with E-state index in [2.05, 4.69) is 5.32 Å². The number of carbonyl (C=O) groups excluding carboxylic acids is 3. The first-order valence-electron chi connectivity index (χ1n) is 11.7. The molecule has 5 aliphatic rings. The molecular weight excluding hydrogens is 392 g/mol. The lowest BCUT2D eigenvalue weighted by Crippen LogP contribution is -2.60. The topological polar surface area (TPSA) is 75.7 Å². The zero-order valence-corrected chi connectivity index (χ0v) is 18.5. The molecule has 2 amide bonds. The molecule has 0 spiro atoms. The van der Waals surface area contributed by atoms with Crippen molar-refractivity contribution in [3.63, 3.8) is 0 Å². The van der Waals surface area contributed by atoms with Crippen LogP contribution in [-0.2, 0) is 19.1 Å². The summed E-state index contributed by atoms with van der Waals surface area (Å²) in [5.74, 6) is 0.972. The van der Waals surface area contributed by atoms with Crippen LogP contribution < -0.4 is 10.2 Å². The van der Waals surface area contributed by atoms with E-state index in [1.54, 1.807) is 4.90 Å². The summed E-state index contributed by atoms with van der Waals surface area (Å²) < 4.78 is 5.36. The van der Waals surface area contributed by atoms with E-state index in [9.17, 15) is 14.4 Å². The fraction of sp³-hybridized carbons (Fsp3) is 0.640. The third kappa shape index (κ3) is 3.85. The van der Waals surface area contributed by atoms with E-state index in [4.69, 9.17) is 4.74 Å². The van der Waals surface area contributed by atoms with Gasteiger partial charge in [0.1, 0.15) is 0 Å². The number of nitrogens with one attached hydrogen (secondary N) is 1. The molecular formula is C25H32N2O4. The van der Waals surface area contributed by atoms with Crippen molar-refractivity contribution in [2.45, 2.75) is 64.3 Å². The number of amides is 2. The molecule has 4 bridgehead atoms. The highest BCUT2D eigenvalue weighted by atomic mass is 16.5. The van der Waals surface area contributed by atoms with E-state index < -0.39 is 11.9 Å². The number of aryl methyl sites for hydroxylation is 1. The van der Waals surface area contributed by atoms with Gasteiger partial charge in [-0.05, 0) is 87.3 Å². The molecule has 1 aromatic rings. The van der Waals surface area contributed by atoms with Crippen LogP contribution in [-0.4, -0.2) is 36.5 Å². The van der Waals surface area contributed by atoms with E-state index in [1.807, 2.05) is 32.0 Å². The largest absolute Gasteiger partial charge is 0.455 e. The van der Waals surface area contributed by atoms with Crippen LogP contribution in [0.2, 0.25) is 0 Å². The van der Waals surface area contributed by atoms with Gasteiger partial charge in [-0.25, -0.2) is 0 Å². The first kappa shape index (κ1) is 20.5. The van der Waals surface area contributed by atoms with Crippen LogP contribution in [0.3, 0.4) is 0 Å². The van der Waals surface area contributed by atoms with E-state index in [0.29, 0.717) is 6.54 Å². The predicted molar refractivity (Wildman–Crippen MR) is 116 cm³/mol. The van der Waals surface area contributed by atoms with Gasteiger partial charge in [-0.2, -0.15) is 0 Å². The Bertz CT molecular complexity index is 889. The summed E-state index contributed by atoms with van der Waals surface area (Å²) in [6, 6.07) is 5.84. The fourth-order valence-electron chi connectivity index (χ4n) is 6.98. The second-order valence-corrected chi connectivity index (χ2v) is 10.5. The maximum Gasteiger partial charge on any atom is 0.311 e. The summed E-state index contributed by atoms with van der Waals surface area (Å²) in [5, 5.41) is 3.23. The zero-order chi connectivity index (χ0) is 21.8. The number of anilines is 1. The predicted octanol–water partition coefficient (Wildman–Crippen LogP) is 3.28. The maximum atomic E-state index is 12.6. The Morgan fingerprint density at radius 1 is 1.10 bits per heavy atom. The van der Waals surface area contributed by atoms with E-state index in [0.717, 1.165) is 53.8 Å². The number of esters is 1. The average Bonchev–Trinajstić information content (AvgIpc) is 3.08. The van der Waals surface area contributed by atoms with Gasteiger partial charge in [-0.3, -0.25) is 14.4 Å². The van der Waals surface area contributed by atoms with Crippen LogP contribution in [0.4, 0.5) is 5.69 Å². The molecule has 0 radical (unpaired) electrons. The fourth-order valence-corrected chi connectivity index (χ4v) is 6.98. The summed E-state index contributed by atoms with van der Waals surface area (Å²) in [5.41, 5.74) is 2.92. The Hall–Kier alpha value is -2.37. The number of carbonyl (C=O) groups is 3. The summed E-state index contributed by atoms with van der Waals surface area (Å²) in [4.78, 5) is 39.4. The van der Waals surface area contributed by atoms with Crippen molar-refractivity contribution < 1.29 is 19.1 Å². The summed E-state index contributed by atoms with van der Waals surface area (Å²) in [7, 11) is 0.